The fourth-order valence-electron chi connectivity index (χ4n) is 5.34. The Balaban J connectivity index is 0.000000246. The highest BCUT2D eigenvalue weighted by molar-refractivity contribution is 5.99. The van der Waals surface area contributed by atoms with Crippen LogP contribution in [0.1, 0.15) is 60.8 Å². The monoisotopic (exact) mass is 742 g/mol. The summed E-state index contributed by atoms with van der Waals surface area (Å²) in [6, 6.07) is 17.9. The first-order chi connectivity index (χ1) is 25.9. The number of carbonyl (C=O) groups excluding carboxylic acids is 3. The van der Waals surface area contributed by atoms with Crippen LogP contribution in [-0.2, 0) is 20.6 Å². The van der Waals surface area contributed by atoms with Gasteiger partial charge in [0.15, 0.2) is 0 Å². The average Bonchev–Trinajstić information content (AvgIpc) is 3.13. The van der Waals surface area contributed by atoms with Gasteiger partial charge in [-0.2, -0.15) is 13.2 Å². The highest BCUT2D eigenvalue weighted by Crippen LogP contribution is 2.37. The van der Waals surface area contributed by atoms with Crippen LogP contribution in [0.4, 0.5) is 41.9 Å². The minimum Gasteiger partial charge on any atom is -0.355 e. The van der Waals surface area contributed by atoms with Crippen molar-refractivity contribution in [1.82, 2.24) is 15.3 Å². The van der Waals surface area contributed by atoms with E-state index in [-0.39, 0.29) is 5.91 Å². The number of nitrogens with two attached hydrogens (primary N) is 1. The molecule has 1 aromatic heterocycles. The van der Waals surface area contributed by atoms with Crippen molar-refractivity contribution in [3.05, 3.63) is 120 Å². The zero-order valence-electron chi connectivity index (χ0n) is 30.2. The number of anilines is 5. The van der Waals surface area contributed by atoms with Gasteiger partial charge in [-0.3, -0.25) is 14.4 Å². The van der Waals surface area contributed by atoms with Crippen molar-refractivity contribution in [1.29, 1.82) is 0 Å². The van der Waals surface area contributed by atoms with Gasteiger partial charge in [-0.05, 0) is 130 Å². The Morgan fingerprint density at radius 1 is 0.889 bits per heavy atom. The SMILES string of the molecule is C=CC(=O)NC(CCCCN)C(=O)Nc1cccc(Nc2ncc(NC=O)cn2)c1.Cc1ccc(NC(=C2CCC2)c2cccc(C(F)(F)F)c2)cc1C. The van der Waals surface area contributed by atoms with Crippen LogP contribution in [0.3, 0.4) is 0 Å². The van der Waals surface area contributed by atoms with E-state index in [1.54, 1.807) is 30.3 Å². The van der Waals surface area contributed by atoms with Crippen molar-refractivity contribution < 1.29 is 27.6 Å². The molecular weight excluding hydrogens is 697 g/mol. The minimum absolute atomic E-state index is 0.327. The summed E-state index contributed by atoms with van der Waals surface area (Å²) in [7, 11) is 0. The second-order valence-electron chi connectivity index (χ2n) is 12.6. The smallest absolute Gasteiger partial charge is 0.355 e. The molecule has 284 valence electrons. The van der Waals surface area contributed by atoms with E-state index in [9.17, 15) is 27.6 Å². The highest BCUT2D eigenvalue weighted by atomic mass is 19.4. The first kappa shape index (κ1) is 40.7. The van der Waals surface area contributed by atoms with Crippen molar-refractivity contribution in [2.75, 3.05) is 27.8 Å². The number of alkyl halides is 3. The van der Waals surface area contributed by atoms with Gasteiger partial charge < -0.3 is 32.3 Å². The number of nitrogens with zero attached hydrogens (tertiary/aromatic N) is 2. The largest absolute Gasteiger partial charge is 0.416 e. The van der Waals surface area contributed by atoms with Gasteiger partial charge in [0.1, 0.15) is 6.04 Å². The van der Waals surface area contributed by atoms with Gasteiger partial charge in [0, 0.05) is 22.8 Å². The molecule has 5 rings (SSSR count). The summed E-state index contributed by atoms with van der Waals surface area (Å²) in [6.07, 6.45) is 5.16. The highest BCUT2D eigenvalue weighted by Gasteiger charge is 2.31. The van der Waals surface area contributed by atoms with Crippen LogP contribution in [0.5, 0.6) is 0 Å². The van der Waals surface area contributed by atoms with E-state index in [2.05, 4.69) is 43.1 Å². The Labute approximate surface area is 312 Å². The Kier molecular flexibility index (Phi) is 14.9. The molecule has 1 fully saturated rings. The van der Waals surface area contributed by atoms with Crippen molar-refractivity contribution in [3.63, 3.8) is 0 Å². The molecule has 1 unspecified atom stereocenters. The number of amides is 3. The number of allylic oxidation sites excluding steroid dienone is 1. The van der Waals surface area contributed by atoms with Gasteiger partial charge in [-0.25, -0.2) is 9.97 Å². The van der Waals surface area contributed by atoms with Crippen LogP contribution in [-0.4, -0.2) is 40.8 Å². The predicted molar refractivity (Wildman–Crippen MR) is 207 cm³/mol. The number of aromatic nitrogens is 2. The number of hydrogen-bond donors (Lipinski definition) is 6. The van der Waals surface area contributed by atoms with Crippen molar-refractivity contribution in [3.8, 4) is 0 Å². The molecule has 0 radical (unpaired) electrons. The maximum absolute atomic E-state index is 13.0. The van der Waals surface area contributed by atoms with Gasteiger partial charge in [-0.15, -0.1) is 0 Å². The molecule has 0 spiro atoms. The molecule has 0 bridgehead atoms. The molecule has 4 aromatic rings. The Morgan fingerprint density at radius 2 is 1.59 bits per heavy atom. The van der Waals surface area contributed by atoms with Gasteiger partial charge in [0.05, 0.1) is 23.6 Å². The lowest BCUT2D eigenvalue weighted by atomic mass is 9.88. The standard InChI is InChI=1S/C20H20F3N.C20H25N7O3/c1-13-9-10-18(11-14(13)2)24-19(15-5-3-6-15)16-7-4-8-17(12-16)20(21,22)23;1-2-18(29)27-17(8-3-4-9-21)19(30)25-14-6-5-7-15(10-14)26-20-22-11-16(12-23-20)24-13-28/h4,7-12,24H,3,5-6H2,1-2H3;2,5-7,10-13,17H,1,3-4,8-9,21H2,(H,24,28)(H,25,30)(H,27,29)(H,22,23,26). The lowest BCUT2D eigenvalue weighted by Crippen LogP contribution is -2.43. The molecule has 1 heterocycles. The summed E-state index contributed by atoms with van der Waals surface area (Å²) in [5, 5.41) is 14.3. The van der Waals surface area contributed by atoms with Gasteiger partial charge in [0.25, 0.3) is 0 Å². The number of hydrogen-bond acceptors (Lipinski definition) is 8. The topological polar surface area (TPSA) is 163 Å². The lowest BCUT2D eigenvalue weighted by molar-refractivity contribution is -0.137. The van der Waals surface area contributed by atoms with Crippen LogP contribution < -0.4 is 32.3 Å². The quantitative estimate of drug-likeness (QED) is 0.0408. The third-order valence-corrected chi connectivity index (χ3v) is 8.59. The molecular formula is C40H45F3N8O3. The number of nitrogens with one attached hydrogen (secondary N) is 5. The summed E-state index contributed by atoms with van der Waals surface area (Å²) in [5.74, 6) is -0.421. The Morgan fingerprint density at radius 3 is 2.22 bits per heavy atom. The van der Waals surface area contributed by atoms with Gasteiger partial charge in [0.2, 0.25) is 24.2 Å². The summed E-state index contributed by atoms with van der Waals surface area (Å²) < 4.78 is 39.0. The van der Waals surface area contributed by atoms with Crippen molar-refractivity contribution in [2.24, 2.45) is 5.73 Å². The van der Waals surface area contributed by atoms with Crippen LogP contribution in [0.15, 0.2) is 97.4 Å². The number of rotatable bonds is 15. The number of aryl methyl sites for hydroxylation is 2. The van der Waals surface area contributed by atoms with E-state index in [1.165, 1.54) is 35.7 Å². The molecule has 7 N–H and O–H groups in total. The zero-order valence-corrected chi connectivity index (χ0v) is 30.2. The van der Waals surface area contributed by atoms with Crippen LogP contribution in [0.25, 0.3) is 5.70 Å². The van der Waals surface area contributed by atoms with E-state index < -0.39 is 23.7 Å². The van der Waals surface area contributed by atoms with Crippen LogP contribution in [0, 0.1) is 13.8 Å². The molecule has 11 nitrogen and oxygen atoms in total. The van der Waals surface area contributed by atoms with Crippen LogP contribution in [0.2, 0.25) is 0 Å². The number of unbranched alkanes of at least 4 members (excludes halogenated alkanes) is 1. The molecule has 54 heavy (non-hydrogen) atoms. The maximum atomic E-state index is 13.0. The lowest BCUT2D eigenvalue weighted by Gasteiger charge is -2.24. The first-order valence-corrected chi connectivity index (χ1v) is 17.5. The molecule has 14 heteroatoms. The molecule has 1 saturated carbocycles. The fourth-order valence-corrected chi connectivity index (χ4v) is 5.34. The Bertz CT molecular complexity index is 1940. The normalized spacial score (nSPS) is 12.5. The van der Waals surface area contributed by atoms with Gasteiger partial charge in [-0.1, -0.05) is 30.8 Å². The molecule has 1 aliphatic carbocycles. The third kappa shape index (κ3) is 12.3. The first-order valence-electron chi connectivity index (χ1n) is 17.5. The molecule has 1 aliphatic rings. The molecule has 3 amide bonds. The summed E-state index contributed by atoms with van der Waals surface area (Å²) in [5.41, 5.74) is 12.4. The number of benzene rings is 3. The maximum Gasteiger partial charge on any atom is 0.416 e. The molecule has 1 atom stereocenters. The minimum atomic E-state index is -4.33. The van der Waals surface area contributed by atoms with Gasteiger partial charge >= 0.3 is 6.18 Å². The molecule has 0 saturated heterocycles. The zero-order chi connectivity index (χ0) is 39.1. The van der Waals surface area contributed by atoms with Crippen molar-refractivity contribution >= 4 is 52.6 Å². The van der Waals surface area contributed by atoms with Crippen LogP contribution >= 0.6 is 0 Å². The summed E-state index contributed by atoms with van der Waals surface area (Å²) in [6.45, 7) is 8.00. The fraction of sp³-hybridized carbons (Fsp3) is 0.275. The summed E-state index contributed by atoms with van der Waals surface area (Å²) >= 11 is 0. The van der Waals surface area contributed by atoms with E-state index in [1.807, 2.05) is 32.0 Å². The van der Waals surface area contributed by atoms with E-state index in [0.717, 1.165) is 54.8 Å². The predicted octanol–water partition coefficient (Wildman–Crippen LogP) is 7.86. The molecule has 3 aromatic carbocycles. The number of carbonyl (C=O) groups is 3. The Hall–Kier alpha value is -6.02. The van der Waals surface area contributed by atoms with E-state index >= 15 is 0 Å². The molecule has 0 aliphatic heterocycles. The van der Waals surface area contributed by atoms with Crippen molar-refractivity contribution in [2.45, 2.75) is 64.6 Å². The third-order valence-electron chi connectivity index (χ3n) is 8.59. The number of halogens is 3. The summed E-state index contributed by atoms with van der Waals surface area (Å²) in [4.78, 5) is 42.9. The second-order valence-corrected chi connectivity index (χ2v) is 12.6. The van der Waals surface area contributed by atoms with E-state index in [0.29, 0.717) is 54.4 Å². The average molecular weight is 743 g/mol. The van der Waals surface area contributed by atoms with E-state index in [4.69, 9.17) is 5.73 Å². The second kappa shape index (κ2) is 19.7.